The summed E-state index contributed by atoms with van der Waals surface area (Å²) in [5.74, 6) is 7.61. The van der Waals surface area contributed by atoms with E-state index < -0.39 is 22.4 Å². The first-order valence-corrected chi connectivity index (χ1v) is 43.8. The number of carbonyl (C=O) groups excluding carboxylic acids is 6. The van der Waals surface area contributed by atoms with Crippen LogP contribution in [0.5, 0.6) is 57.9 Å². The number of alkyl halides is 3. The smallest absolute Gasteiger partial charge is 0.435 e. The highest BCUT2D eigenvalue weighted by Crippen LogP contribution is 2.64. The van der Waals surface area contributed by atoms with Crippen LogP contribution in [0.25, 0.3) is 37.2 Å². The van der Waals surface area contributed by atoms with E-state index in [9.17, 15) is 47.2 Å². The largest absolute Gasteiger partial charge is 0.490 e. The van der Waals surface area contributed by atoms with Crippen molar-refractivity contribution in [3.63, 3.8) is 0 Å². The molecule has 8 aliphatic carbocycles. The van der Waals surface area contributed by atoms with Crippen molar-refractivity contribution in [3.8, 4) is 64.0 Å². The molecule has 4 saturated heterocycles. The van der Waals surface area contributed by atoms with E-state index in [-0.39, 0.29) is 103 Å². The molecule has 27 rings (SSSR count). The van der Waals surface area contributed by atoms with Gasteiger partial charge in [0.25, 0.3) is 21.0 Å². The third-order valence-corrected chi connectivity index (χ3v) is 30.2. The molecular weight excluding hydrogens is 1680 g/mol. The van der Waals surface area contributed by atoms with Gasteiger partial charge < -0.3 is 39.1 Å². The van der Waals surface area contributed by atoms with Gasteiger partial charge in [-0.25, -0.2) is 9.83 Å². The van der Waals surface area contributed by atoms with Gasteiger partial charge in [0.1, 0.15) is 67.9 Å². The summed E-state index contributed by atoms with van der Waals surface area (Å²) < 4.78 is 76.4. The number of aryl methyl sites for hydroxylation is 1. The predicted molar refractivity (Wildman–Crippen MR) is 465 cm³/mol. The zero-order valence-electron chi connectivity index (χ0n) is 65.0. The van der Waals surface area contributed by atoms with Crippen molar-refractivity contribution in [1.82, 2.24) is 46.6 Å². The normalized spacial score (nSPS) is 26.2. The number of pyridine rings is 1. The molecule has 31 heteroatoms. The van der Waals surface area contributed by atoms with Crippen LogP contribution in [0.3, 0.4) is 0 Å². The molecule has 8 aliphatic heterocycles. The van der Waals surface area contributed by atoms with Crippen molar-refractivity contribution in [3.05, 3.63) is 261 Å². The highest BCUT2D eigenvalue weighted by molar-refractivity contribution is 8.16. The van der Waals surface area contributed by atoms with Crippen LogP contribution in [0, 0.1) is 42.6 Å². The van der Waals surface area contributed by atoms with Crippen LogP contribution >= 0.6 is 58.6 Å². The molecular formula is C93H73ClF3N11O12S4. The van der Waals surface area contributed by atoms with Crippen molar-refractivity contribution in [2.45, 2.75) is 140 Å². The lowest BCUT2D eigenvalue weighted by molar-refractivity contribution is -0.140. The van der Waals surface area contributed by atoms with E-state index in [1.807, 2.05) is 116 Å². The standard InChI is InChI=1S/C25H18N2O4S.C24H18F3N3O2S.C24H18N4O2S.C19H15ClN2O4S.CH4/c1-26-19-8-9-20(17-5-3-2-4-16(17)19)30-14-6-7-18-21(12-14)31-15-10-13(11-15)22(18)23-24(28)27-25(29)32-23;1-11-20(33-23(31)28-11)19-13-8-12(9-13)18-10-14(6-7-15(18)19)32-22-17-5-3-2-4-16(17)21(29-30-22)24(25,26)27;1-12-22(31-24(29)26-12)21-14-8-13(9-14)19-10-15(6-7-17(19)21)30-23-18-5-3-2-4-16(18)20(11-25)27-28-23;1-9-4-13(20)17(21-8-9)26-10-2-3-12-14(5-10)25-11-6-19(12,7-11)15-16(23)22-18(24)27-15;/h2-9,12-13,15,22-23H,10-11H2,(H,27,28,29);2-7,10,12-13,19-20H,1,8-9H2,(H,28,31);2-7,10,13-14,21-22H,1,8-9H2,(H,26,29);2-5,8,11,15H,6-7H2,1H3,(H,22,23,24);1H4/t;12?,13?,19-,20?;13?,14?,21-,22?;;/m.11../s1. The number of aromatic nitrogens is 5. The Balaban J connectivity index is 0.000000108. The number of fused-ring (bicyclic) bond motifs is 3. The number of nitrogens with zero attached hydrogens (tertiary/aromatic N) is 7. The second-order valence-electron chi connectivity index (χ2n) is 32.5. The lowest BCUT2D eigenvalue weighted by Gasteiger charge is -2.54. The van der Waals surface area contributed by atoms with Crippen LogP contribution in [0.15, 0.2) is 195 Å². The highest BCUT2D eigenvalue weighted by Gasteiger charge is 2.62. The van der Waals surface area contributed by atoms with Gasteiger partial charge in [0.05, 0.1) is 23.2 Å². The molecule has 8 fully saturated rings. The number of hydrogen-bond acceptors (Lipinski definition) is 22. The van der Waals surface area contributed by atoms with E-state index in [1.54, 1.807) is 36.5 Å². The number of benzene rings is 8. The molecule has 124 heavy (non-hydrogen) atoms. The van der Waals surface area contributed by atoms with Gasteiger partial charge in [-0.1, -0.05) is 170 Å². The lowest BCUT2D eigenvalue weighted by atomic mass is 9.56. The number of carbonyl (C=O) groups is 6. The van der Waals surface area contributed by atoms with Gasteiger partial charge in [-0.05, 0) is 187 Å². The molecule has 23 nitrogen and oxygen atoms in total. The average Bonchev–Trinajstić information content (AvgIpc) is 1.17. The average molecular weight is 1760 g/mol. The maximum absolute atomic E-state index is 13.4. The maximum Gasteiger partial charge on any atom is 0.435 e. The fourth-order valence-electron chi connectivity index (χ4n) is 19.6. The Bertz CT molecular complexity index is 6490. The minimum Gasteiger partial charge on any atom is -0.490 e. The number of imide groups is 2. The van der Waals surface area contributed by atoms with Crippen LogP contribution in [-0.4, -0.2) is 91.4 Å². The second-order valence-corrected chi connectivity index (χ2v) is 37.4. The van der Waals surface area contributed by atoms with E-state index in [4.69, 9.17) is 46.6 Å². The third kappa shape index (κ3) is 14.8. The second kappa shape index (κ2) is 32.2. The quantitative estimate of drug-likeness (QED) is 0.0826. The van der Waals surface area contributed by atoms with Gasteiger partial charge >= 0.3 is 6.18 Å². The van der Waals surface area contributed by atoms with Crippen LogP contribution < -0.4 is 49.7 Å². The molecule has 4 N–H and O–H groups in total. The summed E-state index contributed by atoms with van der Waals surface area (Å²) in [5, 5.41) is 37.6. The molecule has 0 radical (unpaired) electrons. The van der Waals surface area contributed by atoms with Gasteiger partial charge in [-0.15, -0.1) is 20.4 Å². The molecule has 11 aromatic rings. The number of nitriles is 1. The van der Waals surface area contributed by atoms with E-state index in [2.05, 4.69) is 82.9 Å². The number of thioether (sulfide) groups is 4. The number of amides is 6. The van der Waals surface area contributed by atoms with Crippen molar-refractivity contribution in [2.75, 3.05) is 0 Å². The maximum atomic E-state index is 13.4. The lowest BCUT2D eigenvalue weighted by Crippen LogP contribution is -2.58. The summed E-state index contributed by atoms with van der Waals surface area (Å²) in [6.45, 7) is 17.4. The molecule has 16 aliphatic rings. The Morgan fingerprint density at radius 2 is 1.02 bits per heavy atom. The summed E-state index contributed by atoms with van der Waals surface area (Å²) in [6, 6.07) is 51.9. The molecule has 5 unspecified atom stereocenters. The van der Waals surface area contributed by atoms with E-state index in [0.29, 0.717) is 98.2 Å². The molecule has 8 aromatic carbocycles. The third-order valence-electron chi connectivity index (χ3n) is 25.4. The summed E-state index contributed by atoms with van der Waals surface area (Å²) in [4.78, 5) is 79.7. The van der Waals surface area contributed by atoms with Crippen molar-refractivity contribution >= 4 is 129 Å². The first-order chi connectivity index (χ1) is 59.5. The van der Waals surface area contributed by atoms with Crippen LogP contribution in [0.2, 0.25) is 5.02 Å². The Hall–Kier alpha value is -12.2. The van der Waals surface area contributed by atoms with E-state index in [0.717, 1.165) is 130 Å². The van der Waals surface area contributed by atoms with Gasteiger partial charge in [0, 0.05) is 85.4 Å². The topological polar surface area (TPSA) is 299 Å². The first-order valence-electron chi connectivity index (χ1n) is 39.9. The minimum atomic E-state index is -4.61. The number of ether oxygens (including phenoxy) is 6. The van der Waals surface area contributed by atoms with Crippen LogP contribution in [0.4, 0.5) is 38.0 Å². The van der Waals surface area contributed by atoms with Gasteiger partial charge in [-0.2, -0.15) is 18.4 Å². The first kappa shape index (κ1) is 81.5. The number of hydrogen-bond donors (Lipinski definition) is 4. The molecule has 4 saturated carbocycles. The van der Waals surface area contributed by atoms with Crippen molar-refractivity contribution < 1.29 is 70.4 Å². The van der Waals surface area contributed by atoms with E-state index >= 15 is 0 Å². The molecule has 11 heterocycles. The Morgan fingerprint density at radius 3 is 1.58 bits per heavy atom. The number of rotatable bonds is 12. The summed E-state index contributed by atoms with van der Waals surface area (Å²) >= 11 is 11.0. The van der Waals surface area contributed by atoms with Gasteiger partial charge in [0.2, 0.25) is 29.5 Å². The molecule has 3 aromatic heterocycles. The molecule has 8 bridgehead atoms. The Morgan fingerprint density at radius 1 is 0.524 bits per heavy atom. The molecule has 7 atom stereocenters. The van der Waals surface area contributed by atoms with Crippen LogP contribution in [-0.2, 0) is 21.2 Å². The molecule has 0 spiro atoms. The highest BCUT2D eigenvalue weighted by atomic mass is 35.5. The minimum absolute atomic E-state index is 0. The summed E-state index contributed by atoms with van der Waals surface area (Å²) in [6.07, 6.45) is 4.88. The molecule has 624 valence electrons. The zero-order valence-corrected chi connectivity index (χ0v) is 69.0. The van der Waals surface area contributed by atoms with E-state index in [1.165, 1.54) is 52.3 Å². The van der Waals surface area contributed by atoms with Crippen molar-refractivity contribution in [1.29, 1.82) is 5.26 Å². The van der Waals surface area contributed by atoms with Crippen LogP contribution in [0.1, 0.15) is 139 Å². The monoisotopic (exact) mass is 1760 g/mol. The Labute approximate surface area is 729 Å². The predicted octanol–water partition coefficient (Wildman–Crippen LogP) is 22.0. The summed E-state index contributed by atoms with van der Waals surface area (Å²) in [5.41, 5.74) is 8.84. The fourth-order valence-corrected chi connectivity index (χ4v) is 24.3. The SMILES string of the molecule is C.C=C1NC(=O)SC1[C@H]1c2ccc(Oc3nnc(C#N)c4ccccc34)cc2C2CC1C2.C=C1NC(=O)SC1[C@H]1c2ccc(Oc3nnc(C(F)(F)F)c4ccccc34)cc2C2CC1C2.Cc1cnc(Oc2ccc3c(c2)OC2CC3(C3SC(=O)NC3=O)C2)c(Cl)c1.[C-]#[N+]c1ccc(Oc2ccc3c(c2)OC2CC(C2)C3C2SC(=O)NC2=O)c2ccccc12. The number of nitrogens with one attached hydrogen (secondary N) is 4. The zero-order chi connectivity index (χ0) is 84.6. The van der Waals surface area contributed by atoms with Gasteiger partial charge in [-0.3, -0.25) is 39.4 Å². The van der Waals surface area contributed by atoms with Crippen molar-refractivity contribution in [2.24, 2.45) is 17.8 Å². The summed E-state index contributed by atoms with van der Waals surface area (Å²) in [7, 11) is 0. The molecule has 6 amide bonds. The van der Waals surface area contributed by atoms with Gasteiger partial charge in [0.15, 0.2) is 17.1 Å². The number of halogens is 4. The Kier molecular flexibility index (Phi) is 21.1. The fraction of sp³-hybridized carbons (Fsp3) is 0.280.